The molecule has 0 aliphatic carbocycles. The number of nitrogens with zero attached hydrogens (tertiary/aromatic N) is 2. The van der Waals surface area contributed by atoms with Gasteiger partial charge in [-0.25, -0.2) is 4.98 Å². The molecule has 0 atom stereocenters. The van der Waals surface area contributed by atoms with Crippen molar-refractivity contribution >= 4 is 17.2 Å². The number of nitrogens with one attached hydrogen (secondary N) is 1. The molecule has 0 saturated heterocycles. The van der Waals surface area contributed by atoms with E-state index >= 15 is 0 Å². The molecule has 4 rings (SSSR count). The van der Waals surface area contributed by atoms with Crippen LogP contribution in [0.2, 0.25) is 0 Å². The molecule has 150 valence electrons. The van der Waals surface area contributed by atoms with Crippen LogP contribution in [-0.4, -0.2) is 15.3 Å². The van der Waals surface area contributed by atoms with Gasteiger partial charge in [0.25, 0.3) is 11.5 Å². The van der Waals surface area contributed by atoms with Gasteiger partial charge in [0.2, 0.25) is 0 Å². The second-order valence-electron chi connectivity index (χ2n) is 7.07. The van der Waals surface area contributed by atoms with Gasteiger partial charge in [-0.1, -0.05) is 30.3 Å². The summed E-state index contributed by atoms with van der Waals surface area (Å²) in [6.45, 7) is 3.95. The lowest BCUT2D eigenvalue weighted by Crippen LogP contribution is -2.17. The topological polar surface area (TPSA) is 72.7 Å². The van der Waals surface area contributed by atoms with Crippen molar-refractivity contribution in [2.75, 3.05) is 5.32 Å². The van der Waals surface area contributed by atoms with Gasteiger partial charge < -0.3 is 10.1 Å². The number of fused-ring (bicyclic) bond motifs is 1. The number of ether oxygens (including phenoxy) is 1. The number of benzene rings is 2. The van der Waals surface area contributed by atoms with Crippen LogP contribution >= 0.6 is 0 Å². The number of amides is 1. The summed E-state index contributed by atoms with van der Waals surface area (Å²) in [5.41, 5.74) is 3.99. The minimum Gasteiger partial charge on any atom is -0.485 e. The normalized spacial score (nSPS) is 10.7. The lowest BCUT2D eigenvalue weighted by Gasteiger charge is -2.13. The Bertz CT molecular complexity index is 1290. The van der Waals surface area contributed by atoms with Crippen LogP contribution in [0.1, 0.15) is 27.2 Å². The molecule has 0 unspecified atom stereocenters. The second kappa shape index (κ2) is 8.21. The number of aryl methyl sites for hydroxylation is 2. The molecular weight excluding hydrogens is 378 g/mol. The van der Waals surface area contributed by atoms with E-state index in [1.54, 1.807) is 24.4 Å². The highest BCUT2D eigenvalue weighted by molar-refractivity contribution is 6.05. The van der Waals surface area contributed by atoms with Crippen LogP contribution in [0.15, 0.2) is 77.7 Å². The summed E-state index contributed by atoms with van der Waals surface area (Å²) in [6.07, 6.45) is 1.71. The van der Waals surface area contributed by atoms with Crippen LogP contribution in [0.5, 0.6) is 5.75 Å². The summed E-state index contributed by atoms with van der Waals surface area (Å²) in [5.74, 6) is 0.298. The summed E-state index contributed by atoms with van der Waals surface area (Å²) in [7, 11) is 0. The lowest BCUT2D eigenvalue weighted by molar-refractivity contribution is 0.102. The van der Waals surface area contributed by atoms with E-state index in [4.69, 9.17) is 4.74 Å². The van der Waals surface area contributed by atoms with Gasteiger partial charge in [-0.2, -0.15) is 0 Å². The molecule has 0 fully saturated rings. The van der Waals surface area contributed by atoms with Gasteiger partial charge in [-0.3, -0.25) is 14.0 Å². The molecule has 6 heteroatoms. The van der Waals surface area contributed by atoms with Crippen molar-refractivity contribution in [2.45, 2.75) is 20.5 Å². The van der Waals surface area contributed by atoms with Crippen LogP contribution < -0.4 is 15.6 Å². The predicted molar refractivity (Wildman–Crippen MR) is 116 cm³/mol. The van der Waals surface area contributed by atoms with Gasteiger partial charge in [0.05, 0.1) is 11.4 Å². The third-order valence-electron chi connectivity index (χ3n) is 4.78. The van der Waals surface area contributed by atoms with Crippen molar-refractivity contribution < 1.29 is 9.53 Å². The molecule has 1 N–H and O–H groups in total. The number of hydrogen-bond donors (Lipinski definition) is 1. The van der Waals surface area contributed by atoms with Gasteiger partial charge in [0, 0.05) is 17.8 Å². The standard InChI is InChI=1S/C24H21N3O3/c1-16-11-12-27-22(13-16)25-18(14-23(27)28)15-30-21-10-6-5-9-20(21)26-24(29)19-8-4-3-7-17(19)2/h3-14H,15H2,1-2H3,(H,26,29). The van der Waals surface area contributed by atoms with Gasteiger partial charge in [-0.05, 0) is 55.3 Å². The number of carbonyl (C=O) groups excluding carboxylic acids is 1. The Morgan fingerprint density at radius 3 is 2.63 bits per heavy atom. The SMILES string of the molecule is Cc1ccn2c(=O)cc(COc3ccccc3NC(=O)c3ccccc3C)nc2c1. The van der Waals surface area contributed by atoms with E-state index < -0.39 is 0 Å². The van der Waals surface area contributed by atoms with Crippen LogP contribution in [0.3, 0.4) is 0 Å². The van der Waals surface area contributed by atoms with Gasteiger partial charge in [0.1, 0.15) is 18.0 Å². The first kappa shape index (κ1) is 19.4. The number of hydrogen-bond acceptors (Lipinski definition) is 4. The van der Waals surface area contributed by atoms with Crippen LogP contribution in [0.25, 0.3) is 5.65 Å². The molecule has 1 amide bonds. The largest absolute Gasteiger partial charge is 0.485 e. The fourth-order valence-electron chi connectivity index (χ4n) is 3.19. The molecule has 30 heavy (non-hydrogen) atoms. The maximum atomic E-state index is 12.7. The molecule has 2 aromatic heterocycles. The molecule has 2 heterocycles. The molecule has 0 aliphatic heterocycles. The number of aromatic nitrogens is 2. The quantitative estimate of drug-likeness (QED) is 0.547. The maximum absolute atomic E-state index is 12.7. The zero-order valence-electron chi connectivity index (χ0n) is 16.8. The van der Waals surface area contributed by atoms with E-state index in [1.165, 1.54) is 10.5 Å². The summed E-state index contributed by atoms with van der Waals surface area (Å²) >= 11 is 0. The highest BCUT2D eigenvalue weighted by Gasteiger charge is 2.12. The summed E-state index contributed by atoms with van der Waals surface area (Å²) in [5, 5.41) is 2.90. The van der Waals surface area contributed by atoms with E-state index in [2.05, 4.69) is 10.3 Å². The Hall–Kier alpha value is -3.93. The average molecular weight is 399 g/mol. The third kappa shape index (κ3) is 4.07. The summed E-state index contributed by atoms with van der Waals surface area (Å²) < 4.78 is 7.39. The van der Waals surface area contributed by atoms with Crippen molar-refractivity contribution in [1.29, 1.82) is 0 Å². The van der Waals surface area contributed by atoms with Crippen molar-refractivity contribution in [3.63, 3.8) is 0 Å². The lowest BCUT2D eigenvalue weighted by atomic mass is 10.1. The van der Waals surface area contributed by atoms with Crippen molar-refractivity contribution in [3.05, 3.63) is 106 Å². The molecule has 0 spiro atoms. The van der Waals surface area contributed by atoms with Gasteiger partial charge >= 0.3 is 0 Å². The zero-order chi connectivity index (χ0) is 21.1. The monoisotopic (exact) mass is 399 g/mol. The highest BCUT2D eigenvalue weighted by Crippen LogP contribution is 2.25. The number of carbonyl (C=O) groups is 1. The molecule has 0 saturated carbocycles. The first-order chi connectivity index (χ1) is 14.5. The first-order valence-electron chi connectivity index (χ1n) is 9.59. The van der Waals surface area contributed by atoms with E-state index in [-0.39, 0.29) is 18.1 Å². The molecule has 2 aromatic carbocycles. The minimum absolute atomic E-state index is 0.108. The Balaban J connectivity index is 1.55. The fraction of sp³-hybridized carbons (Fsp3) is 0.125. The molecule has 6 nitrogen and oxygen atoms in total. The fourth-order valence-corrected chi connectivity index (χ4v) is 3.19. The van der Waals surface area contributed by atoms with Crippen molar-refractivity contribution in [2.24, 2.45) is 0 Å². The predicted octanol–water partition coefficient (Wildman–Crippen LogP) is 4.14. The van der Waals surface area contributed by atoms with E-state index in [1.807, 2.05) is 56.3 Å². The number of anilines is 1. The van der Waals surface area contributed by atoms with Crippen LogP contribution in [-0.2, 0) is 6.61 Å². The van der Waals surface area contributed by atoms with Crippen molar-refractivity contribution in [1.82, 2.24) is 9.38 Å². The third-order valence-corrected chi connectivity index (χ3v) is 4.78. The number of rotatable bonds is 5. The first-order valence-corrected chi connectivity index (χ1v) is 9.59. The number of para-hydroxylation sites is 2. The summed E-state index contributed by atoms with van der Waals surface area (Å²) in [4.78, 5) is 29.5. The Labute approximate surface area is 173 Å². The highest BCUT2D eigenvalue weighted by atomic mass is 16.5. The number of pyridine rings is 1. The minimum atomic E-state index is -0.207. The zero-order valence-corrected chi connectivity index (χ0v) is 16.8. The Morgan fingerprint density at radius 1 is 1.03 bits per heavy atom. The Kier molecular flexibility index (Phi) is 5.30. The smallest absolute Gasteiger partial charge is 0.258 e. The molecular formula is C24H21N3O3. The Morgan fingerprint density at radius 2 is 1.80 bits per heavy atom. The van der Waals surface area contributed by atoms with Crippen molar-refractivity contribution in [3.8, 4) is 5.75 Å². The molecule has 0 bridgehead atoms. The molecule has 0 radical (unpaired) electrons. The van der Waals surface area contributed by atoms with Gasteiger partial charge in [-0.15, -0.1) is 0 Å². The second-order valence-corrected chi connectivity index (χ2v) is 7.07. The molecule has 0 aliphatic rings. The summed E-state index contributed by atoms with van der Waals surface area (Å²) in [6, 6.07) is 19.8. The average Bonchev–Trinajstić information content (AvgIpc) is 2.73. The van der Waals surface area contributed by atoms with Crippen LogP contribution in [0, 0.1) is 13.8 Å². The van der Waals surface area contributed by atoms with E-state index in [0.717, 1.165) is 11.1 Å². The molecule has 4 aromatic rings. The van der Waals surface area contributed by atoms with Crippen LogP contribution in [0.4, 0.5) is 5.69 Å². The maximum Gasteiger partial charge on any atom is 0.258 e. The van der Waals surface area contributed by atoms with E-state index in [0.29, 0.717) is 28.3 Å². The van der Waals surface area contributed by atoms with E-state index in [9.17, 15) is 9.59 Å². The van der Waals surface area contributed by atoms with Gasteiger partial charge in [0.15, 0.2) is 0 Å².